The van der Waals surface area contributed by atoms with Crippen molar-refractivity contribution in [1.82, 2.24) is 19.6 Å². The minimum absolute atomic E-state index is 0.461. The van der Waals surface area contributed by atoms with Crippen LogP contribution < -0.4 is 0 Å². The van der Waals surface area contributed by atoms with Gasteiger partial charge < -0.3 is 0 Å². The molecule has 0 spiro atoms. The Bertz CT molecular complexity index is 813. The first-order chi connectivity index (χ1) is 12.8. The van der Waals surface area contributed by atoms with Gasteiger partial charge in [0.15, 0.2) is 0 Å². The van der Waals surface area contributed by atoms with E-state index in [-0.39, 0.29) is 0 Å². The van der Waals surface area contributed by atoms with Gasteiger partial charge in [-0.15, -0.1) is 0 Å². The molecule has 1 atom stereocenters. The molecule has 4 rings (SSSR count). The van der Waals surface area contributed by atoms with Crippen molar-refractivity contribution in [2.75, 3.05) is 26.7 Å². The van der Waals surface area contributed by atoms with Gasteiger partial charge in [0.25, 0.3) is 0 Å². The third-order valence-electron chi connectivity index (χ3n) is 5.32. The molecule has 4 heteroatoms. The third kappa shape index (κ3) is 3.87. The molecule has 2 aromatic carbocycles. The highest BCUT2D eigenvalue weighted by molar-refractivity contribution is 5.28. The Labute approximate surface area is 155 Å². The number of benzene rings is 2. The molecule has 1 aromatic heterocycles. The standard InChI is InChI=1S/C22H26N4/c1-24-14-15-25(18-22(24)19-8-3-2-4-9-19)16-20-10-5-6-11-21(20)17-26-13-7-12-23-26/h2-13,22H,14-18H2,1H3/t22-/m0/s1. The van der Waals surface area contributed by atoms with E-state index in [0.29, 0.717) is 6.04 Å². The van der Waals surface area contributed by atoms with E-state index in [1.807, 2.05) is 23.1 Å². The molecule has 26 heavy (non-hydrogen) atoms. The van der Waals surface area contributed by atoms with Crippen LogP contribution in [0, 0.1) is 0 Å². The molecule has 0 amide bonds. The summed E-state index contributed by atoms with van der Waals surface area (Å²) in [7, 11) is 2.24. The van der Waals surface area contributed by atoms with Crippen molar-refractivity contribution in [2.24, 2.45) is 0 Å². The van der Waals surface area contributed by atoms with Gasteiger partial charge in [0.05, 0.1) is 6.54 Å². The summed E-state index contributed by atoms with van der Waals surface area (Å²) in [5, 5.41) is 4.36. The van der Waals surface area contributed by atoms with Crippen LogP contribution in [0.25, 0.3) is 0 Å². The van der Waals surface area contributed by atoms with Crippen LogP contribution in [0.15, 0.2) is 73.1 Å². The fourth-order valence-electron chi connectivity index (χ4n) is 3.78. The van der Waals surface area contributed by atoms with Gasteiger partial charge in [-0.05, 0) is 29.8 Å². The Balaban J connectivity index is 1.49. The van der Waals surface area contributed by atoms with Crippen molar-refractivity contribution in [2.45, 2.75) is 19.1 Å². The summed E-state index contributed by atoms with van der Waals surface area (Å²) in [6, 6.07) is 22.1. The molecule has 0 unspecified atom stereocenters. The highest BCUT2D eigenvalue weighted by Gasteiger charge is 2.25. The van der Waals surface area contributed by atoms with Crippen LogP contribution in [-0.2, 0) is 13.1 Å². The molecule has 2 heterocycles. The number of hydrogen-bond donors (Lipinski definition) is 0. The zero-order valence-electron chi connectivity index (χ0n) is 15.3. The normalized spacial score (nSPS) is 18.9. The van der Waals surface area contributed by atoms with Gasteiger partial charge in [-0.25, -0.2) is 0 Å². The predicted molar refractivity (Wildman–Crippen MR) is 105 cm³/mol. The van der Waals surface area contributed by atoms with Crippen LogP contribution in [0.5, 0.6) is 0 Å². The van der Waals surface area contributed by atoms with Crippen molar-refractivity contribution < 1.29 is 0 Å². The van der Waals surface area contributed by atoms with Gasteiger partial charge >= 0.3 is 0 Å². The molecule has 1 fully saturated rings. The first-order valence-electron chi connectivity index (χ1n) is 9.31. The van der Waals surface area contributed by atoms with Gasteiger partial charge in [0.1, 0.15) is 0 Å². The number of likely N-dealkylation sites (N-methyl/N-ethyl adjacent to an activating group) is 1. The Morgan fingerprint density at radius 3 is 2.35 bits per heavy atom. The van der Waals surface area contributed by atoms with E-state index in [1.165, 1.54) is 16.7 Å². The van der Waals surface area contributed by atoms with Gasteiger partial charge in [0.2, 0.25) is 0 Å². The Hall–Kier alpha value is -2.43. The molecular formula is C22H26N4. The van der Waals surface area contributed by atoms with Crippen molar-refractivity contribution in [3.63, 3.8) is 0 Å². The van der Waals surface area contributed by atoms with E-state index in [2.05, 4.69) is 76.5 Å². The summed E-state index contributed by atoms with van der Waals surface area (Å²) in [6.07, 6.45) is 3.87. The molecule has 1 aliphatic rings. The minimum atomic E-state index is 0.461. The fraction of sp³-hybridized carbons (Fsp3) is 0.318. The van der Waals surface area contributed by atoms with Gasteiger partial charge in [-0.2, -0.15) is 5.10 Å². The molecule has 3 aromatic rings. The molecule has 0 bridgehead atoms. The maximum Gasteiger partial charge on any atom is 0.0662 e. The van der Waals surface area contributed by atoms with E-state index in [0.717, 1.165) is 32.7 Å². The number of hydrogen-bond acceptors (Lipinski definition) is 3. The van der Waals surface area contributed by atoms with Gasteiger partial charge in [0, 0.05) is 44.6 Å². The van der Waals surface area contributed by atoms with E-state index < -0.39 is 0 Å². The van der Waals surface area contributed by atoms with Crippen molar-refractivity contribution in [3.8, 4) is 0 Å². The number of nitrogens with zero attached hydrogens (tertiary/aromatic N) is 4. The number of rotatable bonds is 5. The second-order valence-electron chi connectivity index (χ2n) is 7.11. The Morgan fingerprint density at radius 2 is 1.62 bits per heavy atom. The second kappa shape index (κ2) is 7.85. The highest BCUT2D eigenvalue weighted by atomic mass is 15.3. The van der Waals surface area contributed by atoms with Crippen LogP contribution in [0.3, 0.4) is 0 Å². The summed E-state index contributed by atoms with van der Waals surface area (Å²) in [5.74, 6) is 0. The topological polar surface area (TPSA) is 24.3 Å². The molecule has 0 radical (unpaired) electrons. The van der Waals surface area contributed by atoms with E-state index >= 15 is 0 Å². The average Bonchev–Trinajstić information content (AvgIpc) is 3.19. The molecule has 0 saturated carbocycles. The molecule has 4 nitrogen and oxygen atoms in total. The lowest BCUT2D eigenvalue weighted by molar-refractivity contribution is 0.0903. The molecule has 1 saturated heterocycles. The van der Waals surface area contributed by atoms with Crippen LogP contribution in [0.1, 0.15) is 22.7 Å². The van der Waals surface area contributed by atoms with Crippen LogP contribution in [0.4, 0.5) is 0 Å². The summed E-state index contributed by atoms with van der Waals surface area (Å²) in [6.45, 7) is 5.10. The second-order valence-corrected chi connectivity index (χ2v) is 7.11. The zero-order valence-corrected chi connectivity index (χ0v) is 15.3. The van der Waals surface area contributed by atoms with Crippen molar-refractivity contribution in [3.05, 3.63) is 89.7 Å². The summed E-state index contributed by atoms with van der Waals surface area (Å²) < 4.78 is 2.00. The first-order valence-corrected chi connectivity index (χ1v) is 9.31. The smallest absolute Gasteiger partial charge is 0.0662 e. The third-order valence-corrected chi connectivity index (χ3v) is 5.32. The maximum absolute atomic E-state index is 4.36. The van der Waals surface area contributed by atoms with Crippen molar-refractivity contribution >= 4 is 0 Å². The molecule has 0 N–H and O–H groups in total. The molecule has 1 aliphatic heterocycles. The van der Waals surface area contributed by atoms with Crippen molar-refractivity contribution in [1.29, 1.82) is 0 Å². The lowest BCUT2D eigenvalue weighted by atomic mass is 10.0. The monoisotopic (exact) mass is 346 g/mol. The SMILES string of the molecule is CN1CCN(Cc2ccccc2Cn2cccn2)C[C@H]1c1ccccc1. The summed E-state index contributed by atoms with van der Waals surface area (Å²) >= 11 is 0. The van der Waals surface area contributed by atoms with Crippen LogP contribution >= 0.6 is 0 Å². The quantitative estimate of drug-likeness (QED) is 0.707. The fourth-order valence-corrected chi connectivity index (χ4v) is 3.78. The van der Waals surface area contributed by atoms with Gasteiger partial charge in [-0.3, -0.25) is 14.5 Å². The van der Waals surface area contributed by atoms with E-state index in [1.54, 1.807) is 0 Å². The highest BCUT2D eigenvalue weighted by Crippen LogP contribution is 2.25. The lowest BCUT2D eigenvalue weighted by Crippen LogP contribution is -2.46. The van der Waals surface area contributed by atoms with Crippen LogP contribution in [0.2, 0.25) is 0 Å². The molecular weight excluding hydrogens is 320 g/mol. The van der Waals surface area contributed by atoms with E-state index in [9.17, 15) is 0 Å². The summed E-state index contributed by atoms with van der Waals surface area (Å²) in [4.78, 5) is 5.06. The molecule has 0 aliphatic carbocycles. The van der Waals surface area contributed by atoms with E-state index in [4.69, 9.17) is 0 Å². The summed E-state index contributed by atoms with van der Waals surface area (Å²) in [5.41, 5.74) is 4.16. The minimum Gasteiger partial charge on any atom is -0.297 e. The Kier molecular flexibility index (Phi) is 5.14. The Morgan fingerprint density at radius 1 is 0.885 bits per heavy atom. The maximum atomic E-state index is 4.36. The first kappa shape index (κ1) is 17.0. The number of piperazine rings is 1. The van der Waals surface area contributed by atoms with Gasteiger partial charge in [-0.1, -0.05) is 54.6 Å². The number of aromatic nitrogens is 2. The lowest BCUT2D eigenvalue weighted by Gasteiger charge is -2.40. The largest absolute Gasteiger partial charge is 0.297 e. The zero-order chi connectivity index (χ0) is 17.8. The average molecular weight is 346 g/mol. The van der Waals surface area contributed by atoms with Crippen LogP contribution in [-0.4, -0.2) is 46.3 Å². The molecule has 134 valence electrons. The predicted octanol–water partition coefficient (Wildman–Crippen LogP) is 3.42.